The lowest BCUT2D eigenvalue weighted by Crippen LogP contribution is -2.64. The lowest BCUT2D eigenvalue weighted by atomic mass is 9.85. The minimum Gasteiger partial charge on any atom is -0.462 e. The van der Waals surface area contributed by atoms with Gasteiger partial charge in [0.2, 0.25) is 0 Å². The van der Waals surface area contributed by atoms with Gasteiger partial charge in [-0.2, -0.15) is 0 Å². The standard InChI is InChI=1S/C40H73O13P/c1-3-5-7-9-11-13-15-16-17-19-20-22-24-26-28-33(41)50-30-32(52-34(42)29-27-25-23-21-18-14-12-10-8-6-4-2)31-51-54(48,49)53-40-38(46)36(44)35(43)37(45)39(40)47/h9,11,15-16,32,35-40,43-47H,3-8,10,12-14,17-31H2,1-2H3,(H,48,49)/b11-9+,16-15+/t32-,35?,36-,37?,38?,39?,40?/m1/s1. The molecule has 6 N–H and O–H groups in total. The van der Waals surface area contributed by atoms with Crippen LogP contribution in [0.4, 0.5) is 0 Å². The van der Waals surface area contributed by atoms with Gasteiger partial charge in [0.1, 0.15) is 43.2 Å². The highest BCUT2D eigenvalue weighted by Crippen LogP contribution is 2.47. The molecule has 0 aromatic carbocycles. The fourth-order valence-corrected chi connectivity index (χ4v) is 7.10. The minimum atomic E-state index is -5.11. The summed E-state index contributed by atoms with van der Waals surface area (Å²) in [5.41, 5.74) is 0. The number of carbonyl (C=O) groups excluding carboxylic acids is 2. The molecule has 316 valence electrons. The molecule has 8 atom stereocenters. The molecule has 0 aromatic rings. The highest BCUT2D eigenvalue weighted by Gasteiger charge is 2.51. The van der Waals surface area contributed by atoms with Crippen molar-refractivity contribution in [1.29, 1.82) is 0 Å². The normalized spacial score (nSPS) is 23.5. The molecular formula is C40H73O13P. The third-order valence-electron chi connectivity index (χ3n) is 9.55. The highest BCUT2D eigenvalue weighted by molar-refractivity contribution is 7.47. The number of phosphoric ester groups is 1. The maximum absolute atomic E-state index is 12.7. The molecule has 14 heteroatoms. The number of allylic oxidation sites excluding steroid dienone is 4. The molecular weight excluding hydrogens is 719 g/mol. The number of carbonyl (C=O) groups is 2. The zero-order chi connectivity index (χ0) is 40.0. The van der Waals surface area contributed by atoms with Crippen molar-refractivity contribution < 1.29 is 63.1 Å². The van der Waals surface area contributed by atoms with E-state index in [1.54, 1.807) is 0 Å². The summed E-state index contributed by atoms with van der Waals surface area (Å²) >= 11 is 0. The van der Waals surface area contributed by atoms with Gasteiger partial charge in [0, 0.05) is 12.8 Å². The van der Waals surface area contributed by atoms with Crippen molar-refractivity contribution in [3.05, 3.63) is 24.3 Å². The Bertz CT molecular complexity index is 1050. The monoisotopic (exact) mass is 792 g/mol. The molecule has 1 fully saturated rings. The number of esters is 2. The van der Waals surface area contributed by atoms with Crippen molar-refractivity contribution in [2.45, 2.75) is 204 Å². The van der Waals surface area contributed by atoms with Crippen LogP contribution in [0.25, 0.3) is 0 Å². The Morgan fingerprint density at radius 2 is 1.02 bits per heavy atom. The summed E-state index contributed by atoms with van der Waals surface area (Å²) in [6, 6.07) is 0. The molecule has 1 rings (SSSR count). The van der Waals surface area contributed by atoms with E-state index in [2.05, 4.69) is 38.2 Å². The third kappa shape index (κ3) is 24.1. The Kier molecular flexibility index (Phi) is 29.3. The summed E-state index contributed by atoms with van der Waals surface area (Å²) in [5, 5.41) is 50.0. The summed E-state index contributed by atoms with van der Waals surface area (Å²) in [7, 11) is -5.11. The van der Waals surface area contributed by atoms with Crippen LogP contribution in [0.3, 0.4) is 0 Å². The molecule has 1 saturated carbocycles. The van der Waals surface area contributed by atoms with E-state index in [4.69, 9.17) is 18.5 Å². The number of unbranched alkanes of at least 4 members (excludes halogenated alkanes) is 17. The van der Waals surface area contributed by atoms with Crippen LogP contribution in [0.1, 0.15) is 162 Å². The Labute approximate surface area is 324 Å². The first-order valence-electron chi connectivity index (χ1n) is 20.6. The average Bonchev–Trinajstić information content (AvgIpc) is 3.15. The second kappa shape index (κ2) is 31.4. The van der Waals surface area contributed by atoms with Crippen molar-refractivity contribution in [1.82, 2.24) is 0 Å². The van der Waals surface area contributed by atoms with E-state index in [1.807, 2.05) is 0 Å². The van der Waals surface area contributed by atoms with Gasteiger partial charge in [-0.05, 0) is 38.5 Å². The van der Waals surface area contributed by atoms with E-state index in [-0.39, 0.29) is 12.8 Å². The second-order valence-corrected chi connectivity index (χ2v) is 15.9. The predicted octanol–water partition coefficient (Wildman–Crippen LogP) is 6.89. The number of hydrogen-bond donors (Lipinski definition) is 6. The zero-order valence-corrected chi connectivity index (χ0v) is 33.9. The van der Waals surface area contributed by atoms with Crippen molar-refractivity contribution in [3.8, 4) is 0 Å². The Hall–Kier alpha value is -1.67. The third-order valence-corrected chi connectivity index (χ3v) is 10.5. The van der Waals surface area contributed by atoms with Crippen molar-refractivity contribution in [2.75, 3.05) is 13.2 Å². The van der Waals surface area contributed by atoms with Gasteiger partial charge in [0.15, 0.2) is 6.10 Å². The van der Waals surface area contributed by atoms with Crippen LogP contribution in [0.15, 0.2) is 24.3 Å². The molecule has 0 heterocycles. The summed E-state index contributed by atoms with van der Waals surface area (Å²) < 4.78 is 33.4. The van der Waals surface area contributed by atoms with Gasteiger partial charge in [0.05, 0.1) is 6.61 Å². The fraction of sp³-hybridized carbons (Fsp3) is 0.850. The topological polar surface area (TPSA) is 210 Å². The van der Waals surface area contributed by atoms with Crippen molar-refractivity contribution >= 4 is 19.8 Å². The first-order chi connectivity index (χ1) is 25.9. The van der Waals surface area contributed by atoms with E-state index >= 15 is 0 Å². The van der Waals surface area contributed by atoms with Crippen LogP contribution in [0.5, 0.6) is 0 Å². The Morgan fingerprint density at radius 3 is 1.56 bits per heavy atom. The second-order valence-electron chi connectivity index (χ2n) is 14.5. The lowest BCUT2D eigenvalue weighted by Gasteiger charge is -2.41. The van der Waals surface area contributed by atoms with Crippen LogP contribution in [0.2, 0.25) is 0 Å². The van der Waals surface area contributed by atoms with Crippen LogP contribution in [-0.2, 0) is 32.7 Å². The molecule has 1 aliphatic carbocycles. The summed E-state index contributed by atoms with van der Waals surface area (Å²) in [6.45, 7) is 3.21. The molecule has 6 unspecified atom stereocenters. The Morgan fingerprint density at radius 1 is 0.574 bits per heavy atom. The summed E-state index contributed by atoms with van der Waals surface area (Å²) in [4.78, 5) is 35.5. The molecule has 0 aliphatic heterocycles. The van der Waals surface area contributed by atoms with Gasteiger partial charge < -0.3 is 39.9 Å². The number of rotatable bonds is 33. The van der Waals surface area contributed by atoms with E-state index in [9.17, 15) is 44.6 Å². The van der Waals surface area contributed by atoms with Gasteiger partial charge >= 0.3 is 19.8 Å². The van der Waals surface area contributed by atoms with Crippen LogP contribution < -0.4 is 0 Å². The van der Waals surface area contributed by atoms with Gasteiger partial charge in [-0.25, -0.2) is 4.57 Å². The van der Waals surface area contributed by atoms with E-state index in [0.29, 0.717) is 12.8 Å². The van der Waals surface area contributed by atoms with Crippen LogP contribution in [0, 0.1) is 0 Å². The molecule has 1 aliphatic rings. The summed E-state index contributed by atoms with van der Waals surface area (Å²) in [6.07, 6.45) is 18.2. The molecule has 0 spiro atoms. The number of hydrogen-bond acceptors (Lipinski definition) is 12. The van der Waals surface area contributed by atoms with Crippen LogP contribution >= 0.6 is 7.82 Å². The van der Waals surface area contributed by atoms with Crippen molar-refractivity contribution in [3.63, 3.8) is 0 Å². The number of aliphatic hydroxyl groups is 5. The first-order valence-corrected chi connectivity index (χ1v) is 22.1. The predicted molar refractivity (Wildman–Crippen MR) is 207 cm³/mol. The molecule has 0 bridgehead atoms. The minimum absolute atomic E-state index is 0.0964. The SMILES string of the molecule is CCCC/C=C/C/C=C/CCCCCCCC(=O)OC[C@H](COP(=O)(O)OC1C(O)C(O)C(O)[C@@H](O)C1O)OC(=O)CCCCCCCCCCCCC. The molecule has 54 heavy (non-hydrogen) atoms. The maximum Gasteiger partial charge on any atom is 0.472 e. The molecule has 0 aromatic heterocycles. The number of aliphatic hydroxyl groups excluding tert-OH is 5. The molecule has 0 radical (unpaired) electrons. The molecule has 0 amide bonds. The smallest absolute Gasteiger partial charge is 0.462 e. The lowest BCUT2D eigenvalue weighted by molar-refractivity contribution is -0.220. The number of phosphoric acid groups is 1. The molecule has 0 saturated heterocycles. The fourth-order valence-electron chi connectivity index (χ4n) is 6.13. The summed E-state index contributed by atoms with van der Waals surface area (Å²) in [5.74, 6) is -1.12. The van der Waals surface area contributed by atoms with Crippen molar-refractivity contribution in [2.24, 2.45) is 0 Å². The van der Waals surface area contributed by atoms with E-state index < -0.39 is 75.7 Å². The van der Waals surface area contributed by atoms with Gasteiger partial charge in [-0.3, -0.25) is 18.6 Å². The quantitative estimate of drug-likeness (QED) is 0.0173. The zero-order valence-electron chi connectivity index (χ0n) is 33.0. The maximum atomic E-state index is 12.7. The van der Waals surface area contributed by atoms with Gasteiger partial charge in [-0.1, -0.05) is 134 Å². The van der Waals surface area contributed by atoms with E-state index in [1.165, 1.54) is 51.4 Å². The number of ether oxygens (including phenoxy) is 2. The average molecular weight is 793 g/mol. The van der Waals surface area contributed by atoms with Gasteiger partial charge in [0.25, 0.3) is 0 Å². The van der Waals surface area contributed by atoms with Gasteiger partial charge in [-0.15, -0.1) is 0 Å². The molecule has 13 nitrogen and oxygen atoms in total. The van der Waals surface area contributed by atoms with E-state index in [0.717, 1.165) is 70.6 Å². The first kappa shape index (κ1) is 50.3. The highest BCUT2D eigenvalue weighted by atomic mass is 31.2. The Balaban J connectivity index is 2.52. The largest absolute Gasteiger partial charge is 0.472 e. The van der Waals surface area contributed by atoms with Crippen LogP contribution in [-0.4, -0.2) is 98.3 Å².